The summed E-state index contributed by atoms with van der Waals surface area (Å²) in [6, 6.07) is -1.81. The quantitative estimate of drug-likeness (QED) is 0.0203. The predicted octanol–water partition coefficient (Wildman–Crippen LogP) is -1.37. The molecule has 1 aromatic carbocycles. The first-order valence-electron chi connectivity index (χ1n) is 33.1. The van der Waals surface area contributed by atoms with E-state index >= 15 is 0 Å². The lowest BCUT2D eigenvalue weighted by Crippen LogP contribution is -2.50. The number of carbonyl (C=O) groups excluding carboxylic acids is 11. The summed E-state index contributed by atoms with van der Waals surface area (Å²) in [5, 5.41) is 57.3. The van der Waals surface area contributed by atoms with Gasteiger partial charge >= 0.3 is 5.97 Å². The van der Waals surface area contributed by atoms with Gasteiger partial charge in [-0.15, -0.1) is 0 Å². The molecule has 31 heteroatoms. The molecule has 0 radical (unpaired) electrons. The third kappa shape index (κ3) is 34.6. The Labute approximate surface area is 563 Å². The van der Waals surface area contributed by atoms with Gasteiger partial charge in [0.1, 0.15) is 11.8 Å². The summed E-state index contributed by atoms with van der Waals surface area (Å²) in [7, 11) is 1.65. The van der Waals surface area contributed by atoms with Gasteiger partial charge in [0.05, 0.1) is 61.2 Å². The molecule has 0 heterocycles. The van der Waals surface area contributed by atoms with Crippen LogP contribution in [-0.4, -0.2) is 185 Å². The number of rotatable bonds is 53. The van der Waals surface area contributed by atoms with Crippen molar-refractivity contribution in [1.82, 2.24) is 31.9 Å². The van der Waals surface area contributed by atoms with E-state index in [1.807, 2.05) is 27.7 Å². The van der Waals surface area contributed by atoms with Crippen molar-refractivity contribution in [3.05, 3.63) is 29.8 Å². The number of amides is 6. The number of aliphatic imine (C=N–C) groups is 2. The average molecular weight is 1360 g/mol. The number of primary amides is 1. The highest BCUT2D eigenvalue weighted by molar-refractivity contribution is 5.99. The minimum Gasteiger partial charge on any atom is -0.508 e. The van der Waals surface area contributed by atoms with Crippen molar-refractivity contribution in [3.8, 4) is 5.75 Å². The first kappa shape index (κ1) is 86.0. The van der Waals surface area contributed by atoms with Crippen molar-refractivity contribution in [2.45, 2.75) is 206 Å². The molecule has 0 aliphatic carbocycles. The van der Waals surface area contributed by atoms with Gasteiger partial charge in [-0.05, 0) is 134 Å². The van der Waals surface area contributed by atoms with Crippen LogP contribution in [0.5, 0.6) is 5.75 Å². The Balaban J connectivity index is 3.52. The molecule has 0 saturated heterocycles. The minimum absolute atomic E-state index is 0.00732. The number of ketones is 5. The number of carbonyl (C=O) groups is 12. The second-order valence-corrected chi connectivity index (χ2v) is 25.6. The van der Waals surface area contributed by atoms with E-state index in [0.29, 0.717) is 44.2 Å². The molecule has 0 aliphatic heterocycles. The number of nitrogens with zero attached hydrogens (tertiary/aromatic N) is 2. The SMILES string of the molecule is CN[C@@H](CCCCN)C(=O)C[C@@H](CC(C)C)C(=O)N[C@@H](CCCN=C(N)N)C(=O)C[C@@H](CO)C(=O)N[C@@H](C)C(=O)C[C@H](C(=O)N[C@@H](CC(=O)O)C(=O)C[C@@H](CCCCN)C(=O)N[C@@H](Cc1ccc(O)cc1)C(=O)C[C@@H](CCCN=C(N)N)C(=O)N[C@@H](CC(C)C)C(N)=O)[C@@H](C)O. The molecule has 0 fully saturated rings. The maximum absolute atomic E-state index is 14.5. The molecule has 6 amide bonds. The van der Waals surface area contributed by atoms with Crippen molar-refractivity contribution in [2.24, 2.45) is 91.5 Å². The second kappa shape index (κ2) is 46.2. The third-order valence-electron chi connectivity index (χ3n) is 16.3. The van der Waals surface area contributed by atoms with Crippen LogP contribution >= 0.6 is 0 Å². The number of hydrogen-bond acceptors (Lipinski definition) is 20. The molecule has 0 spiro atoms. The van der Waals surface area contributed by atoms with Gasteiger partial charge in [0.15, 0.2) is 40.8 Å². The zero-order valence-electron chi connectivity index (χ0n) is 57.0. The van der Waals surface area contributed by atoms with E-state index in [9.17, 15) is 78.0 Å². The number of phenols is 1. The van der Waals surface area contributed by atoms with Crippen LogP contribution in [0, 0.1) is 41.4 Å². The van der Waals surface area contributed by atoms with E-state index in [2.05, 4.69) is 41.9 Å². The largest absolute Gasteiger partial charge is 0.508 e. The summed E-state index contributed by atoms with van der Waals surface area (Å²) in [6.45, 7) is 9.68. The van der Waals surface area contributed by atoms with Crippen molar-refractivity contribution in [2.75, 3.05) is 39.8 Å². The Morgan fingerprint density at radius 2 is 0.896 bits per heavy atom. The average Bonchev–Trinajstić information content (AvgIpc) is 1.26. The van der Waals surface area contributed by atoms with Crippen LogP contribution in [0.1, 0.15) is 163 Å². The lowest BCUT2D eigenvalue weighted by atomic mass is 9.88. The Kier molecular flexibility index (Phi) is 41.4. The Bertz CT molecular complexity index is 2740. The number of hydrogen-bond donors (Lipinski definition) is 17. The number of phenolic OH excluding ortho intramolecular Hbond substituents is 1. The first-order chi connectivity index (χ1) is 45.2. The van der Waals surface area contributed by atoms with E-state index in [1.54, 1.807) is 7.05 Å². The summed E-state index contributed by atoms with van der Waals surface area (Å²) >= 11 is 0. The number of unbranched alkanes of at least 4 members (excludes halogenated alkanes) is 2. The molecule has 0 aromatic heterocycles. The monoisotopic (exact) mass is 1360 g/mol. The molecule has 1 rings (SSSR count). The number of nitrogens with two attached hydrogens (primary N) is 7. The highest BCUT2D eigenvalue weighted by atomic mass is 16.4. The van der Waals surface area contributed by atoms with E-state index in [1.165, 1.54) is 31.2 Å². The number of carboxylic acid groups (broad SMARTS) is 1. The third-order valence-corrected chi connectivity index (χ3v) is 16.3. The van der Waals surface area contributed by atoms with Crippen molar-refractivity contribution in [3.63, 3.8) is 0 Å². The number of aromatic hydroxyl groups is 1. The lowest BCUT2D eigenvalue weighted by Gasteiger charge is -2.27. The summed E-state index contributed by atoms with van der Waals surface area (Å²) in [5.41, 5.74) is 39.5. The highest BCUT2D eigenvalue weighted by Gasteiger charge is 2.38. The molecule has 0 bridgehead atoms. The summed E-state index contributed by atoms with van der Waals surface area (Å²) in [6.07, 6.45) is -2.15. The van der Waals surface area contributed by atoms with Crippen LogP contribution in [0.25, 0.3) is 0 Å². The first-order valence-corrected chi connectivity index (χ1v) is 33.1. The zero-order chi connectivity index (χ0) is 72.8. The molecule has 24 N–H and O–H groups in total. The van der Waals surface area contributed by atoms with E-state index < -0.39 is 175 Å². The van der Waals surface area contributed by atoms with Gasteiger partial charge in [0.2, 0.25) is 35.4 Å². The zero-order valence-corrected chi connectivity index (χ0v) is 57.0. The maximum Gasteiger partial charge on any atom is 0.305 e. The van der Waals surface area contributed by atoms with Gasteiger partial charge in [-0.3, -0.25) is 67.5 Å². The van der Waals surface area contributed by atoms with Crippen LogP contribution in [0.2, 0.25) is 0 Å². The molecule has 0 aliphatic rings. The van der Waals surface area contributed by atoms with E-state index in [0.717, 1.165) is 6.92 Å². The van der Waals surface area contributed by atoms with Crippen molar-refractivity contribution >= 4 is 82.2 Å². The molecule has 0 saturated carbocycles. The van der Waals surface area contributed by atoms with Gasteiger partial charge < -0.3 is 92.5 Å². The molecule has 96 heavy (non-hydrogen) atoms. The normalized spacial score (nSPS) is 15.1. The van der Waals surface area contributed by atoms with E-state index in [4.69, 9.17) is 40.1 Å². The number of benzene rings is 1. The topological polar surface area (TPSA) is 565 Å². The van der Waals surface area contributed by atoms with Gasteiger partial charge in [0, 0.05) is 62.9 Å². The molecule has 542 valence electrons. The van der Waals surface area contributed by atoms with Gasteiger partial charge in [-0.2, -0.15) is 0 Å². The Hall–Kier alpha value is -8.00. The number of likely N-dealkylation sites (N-methyl/N-ethyl adjacent to an activating group) is 1. The molecule has 0 unspecified atom stereocenters. The number of aliphatic hydroxyl groups is 2. The summed E-state index contributed by atoms with van der Waals surface area (Å²) in [5.74, 6) is -16.9. The number of nitrogens with one attached hydrogen (secondary N) is 6. The smallest absolute Gasteiger partial charge is 0.305 e. The van der Waals surface area contributed by atoms with Gasteiger partial charge in [-0.25, -0.2) is 0 Å². The fraction of sp³-hybridized carbons (Fsp3) is 0.692. The molecule has 12 atom stereocenters. The fourth-order valence-corrected chi connectivity index (χ4v) is 10.8. The molecular formula is C65H111N15O16. The van der Waals surface area contributed by atoms with E-state index in [-0.39, 0.29) is 113 Å². The highest BCUT2D eigenvalue weighted by Crippen LogP contribution is 2.24. The second-order valence-electron chi connectivity index (χ2n) is 25.6. The number of guanidine groups is 2. The van der Waals surface area contributed by atoms with Gasteiger partial charge in [0.25, 0.3) is 0 Å². The van der Waals surface area contributed by atoms with Crippen LogP contribution in [0.15, 0.2) is 34.3 Å². The number of Topliss-reactive ketones (excluding diaryl/α,β-unsaturated/α-hetero) is 5. The summed E-state index contributed by atoms with van der Waals surface area (Å²) < 4.78 is 0. The Morgan fingerprint density at radius 3 is 1.39 bits per heavy atom. The van der Waals surface area contributed by atoms with Crippen LogP contribution in [0.4, 0.5) is 0 Å². The standard InChI is InChI=1S/C65H111N15O16/c1-36(2)26-43(31-53(85)47(73-7)16-9-11-23-67)61(94)77-48(17-13-25-75-65(71)72)54(86)32-44(35-81)62(95)76-38(5)52(84)33-46(39(6)82)63(96)79-50(34-57(89)90)56(88)29-41(14-8-10-22-66)59(92)78-49(28-40-18-20-45(83)21-19-40)55(87)30-42(15-12-24-74-64(69)70)60(93)80-51(58(68)91)27-37(3)4/h18-21,36-39,41-44,46-51,73,81-83H,8-17,22-35,66-67H2,1-7H3,(H2,68,91)(H,76,95)(H,77,94)(H,78,92)(H,79,96)(H,80,93)(H,89,90)(H4,69,70,74)(H4,71,72,75)/t38-,39+,41+,42+,43+,44-,46-,47-,48-,49-,50-,51-/m0/s1. The number of aliphatic hydroxyl groups excluding tert-OH is 2. The minimum atomic E-state index is -1.85. The molecule has 1 aromatic rings. The molecular weight excluding hydrogens is 1250 g/mol. The number of carboxylic acids is 1. The molecule has 31 nitrogen and oxygen atoms in total. The predicted molar refractivity (Wildman–Crippen MR) is 360 cm³/mol. The lowest BCUT2D eigenvalue weighted by molar-refractivity contribution is -0.142. The Morgan fingerprint density at radius 1 is 0.469 bits per heavy atom. The fourth-order valence-electron chi connectivity index (χ4n) is 10.8. The van der Waals surface area contributed by atoms with Crippen molar-refractivity contribution < 1.29 is 78.0 Å². The van der Waals surface area contributed by atoms with Crippen LogP contribution < -0.4 is 72.0 Å². The summed E-state index contributed by atoms with van der Waals surface area (Å²) in [4.78, 5) is 173. The van der Waals surface area contributed by atoms with Crippen molar-refractivity contribution in [1.29, 1.82) is 0 Å². The number of aliphatic carboxylic acids is 1. The van der Waals surface area contributed by atoms with Gasteiger partial charge in [-0.1, -0.05) is 52.7 Å². The van der Waals surface area contributed by atoms with Crippen LogP contribution in [-0.2, 0) is 64.0 Å². The maximum atomic E-state index is 14.5. The van der Waals surface area contributed by atoms with Crippen LogP contribution in [0.3, 0.4) is 0 Å².